The van der Waals surface area contributed by atoms with E-state index in [1.165, 1.54) is 0 Å². The van der Waals surface area contributed by atoms with Crippen molar-refractivity contribution in [2.45, 2.75) is 39.7 Å². The summed E-state index contributed by atoms with van der Waals surface area (Å²) >= 11 is 0. The molecule has 0 aromatic carbocycles. The molecular formula is C14H25N5. The summed E-state index contributed by atoms with van der Waals surface area (Å²) in [5.74, 6) is 2.91. The van der Waals surface area contributed by atoms with Crippen LogP contribution in [-0.4, -0.2) is 42.2 Å². The van der Waals surface area contributed by atoms with Crippen molar-refractivity contribution in [2.75, 3.05) is 36.0 Å². The van der Waals surface area contributed by atoms with E-state index in [9.17, 15) is 0 Å². The van der Waals surface area contributed by atoms with Crippen LogP contribution in [0.3, 0.4) is 0 Å². The number of aryl methyl sites for hydroxylation is 1. The van der Waals surface area contributed by atoms with E-state index in [-0.39, 0.29) is 0 Å². The molecule has 1 aromatic heterocycles. The van der Waals surface area contributed by atoms with Crippen molar-refractivity contribution >= 4 is 11.6 Å². The first kappa shape index (κ1) is 14.1. The van der Waals surface area contributed by atoms with E-state index < -0.39 is 0 Å². The lowest BCUT2D eigenvalue weighted by Gasteiger charge is -2.32. The van der Waals surface area contributed by atoms with Crippen molar-refractivity contribution in [3.05, 3.63) is 11.9 Å². The number of hydrogen-bond donors (Lipinski definition) is 1. The predicted molar refractivity (Wildman–Crippen MR) is 79.8 cm³/mol. The molecule has 2 N–H and O–H groups in total. The molecule has 2 heterocycles. The van der Waals surface area contributed by atoms with E-state index in [0.717, 1.165) is 56.5 Å². The average molecular weight is 263 g/mol. The summed E-state index contributed by atoms with van der Waals surface area (Å²) in [6.45, 7) is 10.2. The molecule has 0 aliphatic carbocycles. The van der Waals surface area contributed by atoms with Crippen LogP contribution < -0.4 is 15.5 Å². The lowest BCUT2D eigenvalue weighted by atomic mass is 10.1. The topological polar surface area (TPSA) is 58.3 Å². The Labute approximate surface area is 115 Å². The van der Waals surface area contributed by atoms with Gasteiger partial charge in [0.05, 0.1) is 0 Å². The summed E-state index contributed by atoms with van der Waals surface area (Å²) in [5.41, 5.74) is 5.96. The van der Waals surface area contributed by atoms with E-state index in [2.05, 4.69) is 39.7 Å². The van der Waals surface area contributed by atoms with Crippen molar-refractivity contribution in [3.63, 3.8) is 0 Å². The predicted octanol–water partition coefficient (Wildman–Crippen LogP) is 1.56. The van der Waals surface area contributed by atoms with Gasteiger partial charge in [0, 0.05) is 38.3 Å². The lowest BCUT2D eigenvalue weighted by molar-refractivity contribution is 0.498. The third-order valence-corrected chi connectivity index (χ3v) is 3.76. The Bertz CT molecular complexity index is 408. The highest BCUT2D eigenvalue weighted by atomic mass is 15.2. The molecule has 0 saturated carbocycles. The minimum atomic E-state index is 0.349. The van der Waals surface area contributed by atoms with Crippen molar-refractivity contribution in [3.8, 4) is 0 Å². The highest BCUT2D eigenvalue weighted by Gasteiger charge is 2.18. The largest absolute Gasteiger partial charge is 0.357 e. The molecule has 1 saturated heterocycles. The number of rotatable bonds is 4. The maximum absolute atomic E-state index is 5.96. The summed E-state index contributed by atoms with van der Waals surface area (Å²) in [6, 6.07) is 2.46. The monoisotopic (exact) mass is 263 g/mol. The number of piperidine rings is 1. The zero-order valence-electron chi connectivity index (χ0n) is 12.3. The first-order valence-electron chi connectivity index (χ1n) is 7.25. The van der Waals surface area contributed by atoms with Crippen LogP contribution in [0.25, 0.3) is 0 Å². The number of hydrogen-bond acceptors (Lipinski definition) is 5. The molecule has 5 heteroatoms. The molecule has 106 valence electrons. The normalized spacial score (nSPS) is 16.7. The number of nitrogens with two attached hydrogens (primary N) is 1. The minimum Gasteiger partial charge on any atom is -0.357 e. The van der Waals surface area contributed by atoms with Crippen LogP contribution >= 0.6 is 0 Å². The van der Waals surface area contributed by atoms with Gasteiger partial charge in [0.2, 0.25) is 0 Å². The molecule has 1 aliphatic rings. The first-order chi connectivity index (χ1) is 9.13. The second kappa shape index (κ2) is 6.19. The van der Waals surface area contributed by atoms with Crippen LogP contribution in [0.15, 0.2) is 6.07 Å². The van der Waals surface area contributed by atoms with Crippen LogP contribution in [-0.2, 0) is 0 Å². The molecule has 19 heavy (non-hydrogen) atoms. The highest BCUT2D eigenvalue weighted by Crippen LogP contribution is 2.22. The molecule has 0 bridgehead atoms. The summed E-state index contributed by atoms with van der Waals surface area (Å²) in [4.78, 5) is 13.7. The summed E-state index contributed by atoms with van der Waals surface area (Å²) in [7, 11) is 0. The van der Waals surface area contributed by atoms with Crippen LogP contribution in [0.2, 0.25) is 0 Å². The Morgan fingerprint density at radius 3 is 2.47 bits per heavy atom. The first-order valence-corrected chi connectivity index (χ1v) is 7.25. The van der Waals surface area contributed by atoms with E-state index in [1.807, 2.05) is 6.92 Å². The van der Waals surface area contributed by atoms with E-state index in [0.29, 0.717) is 6.04 Å². The second-order valence-electron chi connectivity index (χ2n) is 5.13. The molecule has 5 nitrogen and oxygen atoms in total. The Hall–Kier alpha value is -1.36. The molecule has 1 aliphatic heterocycles. The number of aromatic nitrogens is 2. The molecule has 1 fully saturated rings. The molecule has 2 rings (SSSR count). The third-order valence-electron chi connectivity index (χ3n) is 3.76. The maximum atomic E-state index is 5.96. The average Bonchev–Trinajstić information content (AvgIpc) is 2.40. The maximum Gasteiger partial charge on any atom is 0.134 e. The molecule has 0 radical (unpaired) electrons. The van der Waals surface area contributed by atoms with E-state index in [1.54, 1.807) is 0 Å². The summed E-state index contributed by atoms with van der Waals surface area (Å²) in [6.07, 6.45) is 2.09. The van der Waals surface area contributed by atoms with Crippen molar-refractivity contribution in [1.29, 1.82) is 0 Å². The Kier molecular flexibility index (Phi) is 4.58. The van der Waals surface area contributed by atoms with Crippen molar-refractivity contribution in [2.24, 2.45) is 5.73 Å². The van der Waals surface area contributed by atoms with Gasteiger partial charge in [0.25, 0.3) is 0 Å². The minimum absolute atomic E-state index is 0.349. The zero-order chi connectivity index (χ0) is 13.8. The SMILES string of the molecule is CCN(CC)c1cc(N2CCC(N)CC2)nc(C)n1. The second-order valence-corrected chi connectivity index (χ2v) is 5.13. The fourth-order valence-electron chi connectivity index (χ4n) is 2.54. The van der Waals surface area contributed by atoms with Crippen LogP contribution in [0, 0.1) is 6.92 Å². The molecule has 0 unspecified atom stereocenters. The van der Waals surface area contributed by atoms with Gasteiger partial charge in [-0.3, -0.25) is 0 Å². The van der Waals surface area contributed by atoms with Gasteiger partial charge < -0.3 is 15.5 Å². The van der Waals surface area contributed by atoms with E-state index in [4.69, 9.17) is 5.73 Å². The molecule has 0 spiro atoms. The van der Waals surface area contributed by atoms with Crippen LogP contribution in [0.1, 0.15) is 32.5 Å². The van der Waals surface area contributed by atoms with Crippen LogP contribution in [0.5, 0.6) is 0 Å². The van der Waals surface area contributed by atoms with Crippen molar-refractivity contribution < 1.29 is 0 Å². The standard InChI is InChI=1S/C14H25N5/c1-4-18(5-2)13-10-14(17-11(3)16-13)19-8-6-12(15)7-9-19/h10,12H,4-9,15H2,1-3H3. The lowest BCUT2D eigenvalue weighted by Crippen LogP contribution is -2.40. The smallest absolute Gasteiger partial charge is 0.134 e. The molecule has 0 atom stereocenters. The molecule has 0 amide bonds. The summed E-state index contributed by atoms with van der Waals surface area (Å²) in [5, 5.41) is 0. The summed E-state index contributed by atoms with van der Waals surface area (Å²) < 4.78 is 0. The van der Waals surface area contributed by atoms with Gasteiger partial charge in [-0.15, -0.1) is 0 Å². The fourth-order valence-corrected chi connectivity index (χ4v) is 2.54. The van der Waals surface area contributed by atoms with Gasteiger partial charge >= 0.3 is 0 Å². The number of anilines is 2. The quantitative estimate of drug-likeness (QED) is 0.893. The van der Waals surface area contributed by atoms with E-state index >= 15 is 0 Å². The van der Waals surface area contributed by atoms with Crippen LogP contribution in [0.4, 0.5) is 11.6 Å². The third kappa shape index (κ3) is 3.35. The Morgan fingerprint density at radius 2 is 1.89 bits per heavy atom. The Balaban J connectivity index is 2.21. The molecular weight excluding hydrogens is 238 g/mol. The fraction of sp³-hybridized carbons (Fsp3) is 0.714. The zero-order valence-corrected chi connectivity index (χ0v) is 12.3. The molecule has 1 aromatic rings. The van der Waals surface area contributed by atoms with Gasteiger partial charge in [0.1, 0.15) is 17.5 Å². The van der Waals surface area contributed by atoms with Gasteiger partial charge in [-0.05, 0) is 33.6 Å². The number of nitrogens with zero attached hydrogens (tertiary/aromatic N) is 4. The Morgan fingerprint density at radius 1 is 1.26 bits per heavy atom. The van der Waals surface area contributed by atoms with Gasteiger partial charge in [-0.25, -0.2) is 9.97 Å². The van der Waals surface area contributed by atoms with Gasteiger partial charge in [-0.2, -0.15) is 0 Å². The van der Waals surface area contributed by atoms with Crippen molar-refractivity contribution in [1.82, 2.24) is 9.97 Å². The highest BCUT2D eigenvalue weighted by molar-refractivity contribution is 5.51. The van der Waals surface area contributed by atoms with Gasteiger partial charge in [0.15, 0.2) is 0 Å². The van der Waals surface area contributed by atoms with Gasteiger partial charge in [-0.1, -0.05) is 0 Å².